The van der Waals surface area contributed by atoms with Crippen molar-refractivity contribution in [2.45, 2.75) is 71.5 Å². The highest BCUT2D eigenvalue weighted by molar-refractivity contribution is 6.37. The summed E-state index contributed by atoms with van der Waals surface area (Å²) in [6, 6.07) is -2.55. The minimum absolute atomic E-state index is 0.0903. The van der Waals surface area contributed by atoms with Crippen molar-refractivity contribution in [1.82, 2.24) is 15.5 Å². The second kappa shape index (κ2) is 10.8. The van der Waals surface area contributed by atoms with E-state index in [4.69, 9.17) is 10.5 Å². The fourth-order valence-corrected chi connectivity index (χ4v) is 4.53. The van der Waals surface area contributed by atoms with Crippen LogP contribution in [0.1, 0.15) is 53.4 Å². The van der Waals surface area contributed by atoms with Gasteiger partial charge in [0, 0.05) is 18.4 Å². The first-order valence-electron chi connectivity index (χ1n) is 12.3. The van der Waals surface area contributed by atoms with E-state index in [0.29, 0.717) is 32.6 Å². The number of amides is 4. The van der Waals surface area contributed by atoms with Crippen molar-refractivity contribution >= 4 is 29.4 Å². The Morgan fingerprint density at radius 3 is 2.12 bits per heavy atom. The number of carbonyl (C=O) groups excluding carboxylic acids is 5. The average molecular weight is 479 g/mol. The number of rotatable bonds is 11. The van der Waals surface area contributed by atoms with Crippen molar-refractivity contribution in [3.05, 3.63) is 0 Å². The number of nitrogens with zero attached hydrogens (tertiary/aromatic N) is 1. The Morgan fingerprint density at radius 2 is 1.65 bits per heavy atom. The highest BCUT2D eigenvalue weighted by Gasteiger charge is 2.46. The number of hydrogen-bond donors (Lipinski definition) is 3. The number of nitrogens with one attached hydrogen (secondary N) is 2. The first kappa shape index (κ1) is 26.1. The van der Waals surface area contributed by atoms with E-state index < -0.39 is 35.7 Å². The van der Waals surface area contributed by atoms with E-state index in [9.17, 15) is 24.0 Å². The van der Waals surface area contributed by atoms with Gasteiger partial charge in [-0.3, -0.25) is 24.0 Å². The van der Waals surface area contributed by atoms with Crippen molar-refractivity contribution in [3.8, 4) is 0 Å². The van der Waals surface area contributed by atoms with Crippen molar-refractivity contribution in [3.63, 3.8) is 0 Å². The van der Waals surface area contributed by atoms with Crippen molar-refractivity contribution in [2.24, 2.45) is 35.3 Å². The molecule has 4 unspecified atom stereocenters. The van der Waals surface area contributed by atoms with Gasteiger partial charge in [0.25, 0.3) is 5.91 Å². The molecule has 10 heteroatoms. The molecule has 10 nitrogen and oxygen atoms in total. The van der Waals surface area contributed by atoms with E-state index in [1.54, 1.807) is 13.8 Å². The summed E-state index contributed by atoms with van der Waals surface area (Å²) in [5.74, 6) is -2.74. The number of Topliss-reactive ketones (excluding diaryl/α,β-unsaturated/α-hetero) is 1. The molecule has 0 radical (unpaired) electrons. The van der Waals surface area contributed by atoms with Crippen molar-refractivity contribution in [1.29, 1.82) is 0 Å². The van der Waals surface area contributed by atoms with Gasteiger partial charge in [-0.2, -0.15) is 0 Å². The Morgan fingerprint density at radius 1 is 1.00 bits per heavy atom. The Hall–Kier alpha value is -2.49. The molecule has 0 spiro atoms. The second-order valence-corrected chi connectivity index (χ2v) is 10.7. The molecular weight excluding hydrogens is 440 g/mol. The zero-order valence-electron chi connectivity index (χ0n) is 20.5. The summed E-state index contributed by atoms with van der Waals surface area (Å²) in [4.78, 5) is 64.8. The van der Waals surface area contributed by atoms with Crippen LogP contribution in [0.25, 0.3) is 0 Å². The number of hydrogen-bond acceptors (Lipinski definition) is 6. The molecule has 3 aliphatic rings. The van der Waals surface area contributed by atoms with Crippen LogP contribution < -0.4 is 16.4 Å². The SMILES string of the molecule is CC(C)C(=O)NC(C(=O)N1CC(C(C)C)CC1C(=O)NC(CC1CC1)C(=O)C(N)=O)C1COC1. The third-order valence-electron chi connectivity index (χ3n) is 7.23. The number of primary amides is 1. The molecule has 34 heavy (non-hydrogen) atoms. The molecular formula is C24H38N4O6. The highest BCUT2D eigenvalue weighted by atomic mass is 16.5. The molecule has 2 aliphatic heterocycles. The number of nitrogens with two attached hydrogens (primary N) is 1. The molecule has 1 saturated carbocycles. The third-order valence-corrected chi connectivity index (χ3v) is 7.23. The topological polar surface area (TPSA) is 148 Å². The largest absolute Gasteiger partial charge is 0.380 e. The standard InChI is InChI=1S/C24H38N4O6/c1-12(2)15-8-18(23(32)26-17(7-14-5-6-14)20(29)21(25)30)28(9-15)24(33)19(16-10-34-11-16)27-22(31)13(3)4/h12-19H,5-11H2,1-4H3,(H2,25,30)(H,26,32)(H,27,31). The highest BCUT2D eigenvalue weighted by Crippen LogP contribution is 2.34. The summed E-state index contributed by atoms with van der Waals surface area (Å²) < 4.78 is 5.27. The molecule has 0 aromatic rings. The first-order chi connectivity index (χ1) is 16.0. The van der Waals surface area contributed by atoms with Gasteiger partial charge in [0.1, 0.15) is 12.1 Å². The molecule has 0 aromatic carbocycles. The lowest BCUT2D eigenvalue weighted by atomic mass is 9.93. The average Bonchev–Trinajstić information content (AvgIpc) is 3.43. The van der Waals surface area contributed by atoms with Crippen LogP contribution in [0, 0.1) is 29.6 Å². The molecule has 0 bridgehead atoms. The maximum Gasteiger partial charge on any atom is 0.287 e. The smallest absolute Gasteiger partial charge is 0.287 e. The van der Waals surface area contributed by atoms with Gasteiger partial charge in [-0.1, -0.05) is 40.5 Å². The fraction of sp³-hybridized carbons (Fsp3) is 0.792. The second-order valence-electron chi connectivity index (χ2n) is 10.7. The summed E-state index contributed by atoms with van der Waals surface area (Å²) in [6.45, 7) is 8.70. The van der Waals surface area contributed by atoms with E-state index in [-0.39, 0.29) is 41.4 Å². The molecule has 0 aromatic heterocycles. The van der Waals surface area contributed by atoms with Gasteiger partial charge in [-0.15, -0.1) is 0 Å². The predicted molar refractivity (Wildman–Crippen MR) is 123 cm³/mol. The number of likely N-dealkylation sites (tertiary alicyclic amines) is 1. The fourth-order valence-electron chi connectivity index (χ4n) is 4.53. The normalized spacial score (nSPS) is 24.5. The van der Waals surface area contributed by atoms with Gasteiger partial charge < -0.3 is 26.0 Å². The molecule has 2 saturated heterocycles. The summed E-state index contributed by atoms with van der Waals surface area (Å²) in [7, 11) is 0. The van der Waals surface area contributed by atoms with E-state index in [0.717, 1.165) is 12.8 Å². The zero-order chi connectivity index (χ0) is 25.2. The Kier molecular flexibility index (Phi) is 8.33. The Balaban J connectivity index is 1.79. The van der Waals surface area contributed by atoms with Crippen molar-refractivity contribution in [2.75, 3.05) is 19.8 Å². The Bertz CT molecular complexity index is 820. The lowest BCUT2D eigenvalue weighted by Gasteiger charge is -2.37. The minimum atomic E-state index is -1.08. The van der Waals surface area contributed by atoms with E-state index in [2.05, 4.69) is 10.6 Å². The summed E-state index contributed by atoms with van der Waals surface area (Å²) in [5, 5.41) is 5.57. The number of ketones is 1. The maximum absolute atomic E-state index is 13.7. The van der Waals surface area contributed by atoms with Gasteiger partial charge in [0.15, 0.2) is 0 Å². The van der Waals surface area contributed by atoms with Crippen LogP contribution in [0.15, 0.2) is 0 Å². The number of carbonyl (C=O) groups is 5. The van der Waals surface area contributed by atoms with Gasteiger partial charge in [0.05, 0.1) is 19.3 Å². The predicted octanol–water partition coefficient (Wildman–Crippen LogP) is -0.0140. The van der Waals surface area contributed by atoms with E-state index in [1.807, 2.05) is 13.8 Å². The van der Waals surface area contributed by atoms with E-state index >= 15 is 0 Å². The van der Waals surface area contributed by atoms with E-state index in [1.165, 1.54) is 4.90 Å². The zero-order valence-corrected chi connectivity index (χ0v) is 20.5. The Labute approximate surface area is 200 Å². The lowest BCUT2D eigenvalue weighted by molar-refractivity contribution is -0.149. The van der Waals surface area contributed by atoms with Crippen LogP contribution in [-0.2, 0) is 28.7 Å². The van der Waals surface area contributed by atoms with Gasteiger partial charge in [-0.25, -0.2) is 0 Å². The van der Waals surface area contributed by atoms with Crippen molar-refractivity contribution < 1.29 is 28.7 Å². The molecule has 3 rings (SSSR count). The van der Waals surface area contributed by atoms with Crippen LogP contribution in [0.2, 0.25) is 0 Å². The minimum Gasteiger partial charge on any atom is -0.380 e. The lowest BCUT2D eigenvalue weighted by Crippen LogP contribution is -2.60. The van der Waals surface area contributed by atoms with Crippen LogP contribution >= 0.6 is 0 Å². The molecule has 4 amide bonds. The van der Waals surface area contributed by atoms with Gasteiger partial charge in [-0.05, 0) is 30.6 Å². The molecule has 3 fully saturated rings. The molecule has 190 valence electrons. The summed E-state index contributed by atoms with van der Waals surface area (Å²) in [5.41, 5.74) is 5.21. The summed E-state index contributed by atoms with van der Waals surface area (Å²) in [6.07, 6.45) is 2.71. The van der Waals surface area contributed by atoms with Gasteiger partial charge in [0.2, 0.25) is 23.5 Å². The molecule has 4 N–H and O–H groups in total. The number of ether oxygens (including phenoxy) is 1. The quantitative estimate of drug-likeness (QED) is 0.356. The van der Waals surface area contributed by atoms with Crippen LogP contribution in [-0.4, -0.2) is 72.2 Å². The van der Waals surface area contributed by atoms with Gasteiger partial charge >= 0.3 is 0 Å². The molecule has 1 aliphatic carbocycles. The van der Waals surface area contributed by atoms with Crippen LogP contribution in [0.4, 0.5) is 0 Å². The van der Waals surface area contributed by atoms with Crippen LogP contribution in [0.5, 0.6) is 0 Å². The summed E-state index contributed by atoms with van der Waals surface area (Å²) >= 11 is 0. The monoisotopic (exact) mass is 478 g/mol. The molecule has 2 heterocycles. The van der Waals surface area contributed by atoms with Crippen LogP contribution in [0.3, 0.4) is 0 Å². The maximum atomic E-state index is 13.7. The first-order valence-corrected chi connectivity index (χ1v) is 12.3. The third kappa shape index (κ3) is 6.14. The molecule has 4 atom stereocenters.